The van der Waals surface area contributed by atoms with Gasteiger partial charge in [0.2, 0.25) is 0 Å². The molecule has 0 atom stereocenters. The zero-order valence-corrected chi connectivity index (χ0v) is 16.7. The van der Waals surface area contributed by atoms with Crippen LogP contribution in [0.2, 0.25) is 15.8 Å². The van der Waals surface area contributed by atoms with Crippen molar-refractivity contribution in [2.45, 2.75) is 95.9 Å². The molecule has 0 N–H and O–H groups in total. The van der Waals surface area contributed by atoms with Gasteiger partial charge in [0.05, 0.1) is 0 Å². The molecule has 0 aliphatic heterocycles. The van der Waals surface area contributed by atoms with Gasteiger partial charge in [0.1, 0.15) is 0 Å². The SMILES string of the molecule is CCC[CH2][Al]([CH2]CCC)[CH2]CCC.CCN(CC)CC. The first-order chi connectivity index (χ1) is 9.69. The molecule has 0 heterocycles. The number of unbranched alkanes of at least 4 members (excludes halogenated alkanes) is 3. The maximum atomic E-state index is 2.38. The molecule has 2 heteroatoms. The van der Waals surface area contributed by atoms with E-state index in [0.29, 0.717) is 0 Å². The lowest BCUT2D eigenvalue weighted by Crippen LogP contribution is -2.21. The molecule has 0 rings (SSSR count). The molecule has 0 saturated heterocycles. The second-order valence-electron chi connectivity index (χ2n) is 5.91. The van der Waals surface area contributed by atoms with Gasteiger partial charge in [0.15, 0.2) is 0 Å². The lowest BCUT2D eigenvalue weighted by molar-refractivity contribution is 0.321. The Morgan fingerprint density at radius 3 is 1.00 bits per heavy atom. The standard InChI is InChI=1S/C6H15N.3C4H9.Al/c1-4-7(5-2)6-3;3*1-3-4-2;/h4-6H2,1-3H3;3*1,3-4H2,2H3;. The van der Waals surface area contributed by atoms with Gasteiger partial charge in [-0.1, -0.05) is 95.9 Å². The highest BCUT2D eigenvalue weighted by Crippen LogP contribution is 2.16. The minimum absolute atomic E-state index is 0.287. The number of rotatable bonds is 12. The minimum atomic E-state index is -0.287. The van der Waals surface area contributed by atoms with Gasteiger partial charge in [-0.15, -0.1) is 0 Å². The Labute approximate surface area is 134 Å². The van der Waals surface area contributed by atoms with Crippen molar-refractivity contribution in [1.29, 1.82) is 0 Å². The van der Waals surface area contributed by atoms with Gasteiger partial charge >= 0.3 is 0 Å². The zero-order chi connectivity index (χ0) is 15.6. The van der Waals surface area contributed by atoms with E-state index in [-0.39, 0.29) is 14.1 Å². The van der Waals surface area contributed by atoms with Crippen LogP contribution in [0.4, 0.5) is 0 Å². The number of nitrogens with zero attached hydrogens (tertiary/aromatic N) is 1. The van der Waals surface area contributed by atoms with Crippen molar-refractivity contribution >= 4 is 14.1 Å². The summed E-state index contributed by atoms with van der Waals surface area (Å²) in [6.07, 6.45) is 8.73. The first-order valence-corrected chi connectivity index (χ1v) is 11.9. The van der Waals surface area contributed by atoms with Crippen molar-refractivity contribution in [3.63, 3.8) is 0 Å². The molecular weight excluding hydrogens is 257 g/mol. The van der Waals surface area contributed by atoms with Crippen molar-refractivity contribution in [2.24, 2.45) is 0 Å². The fourth-order valence-electron chi connectivity index (χ4n) is 2.58. The highest BCUT2D eigenvalue weighted by Gasteiger charge is 2.14. The third kappa shape index (κ3) is 16.5. The summed E-state index contributed by atoms with van der Waals surface area (Å²) in [6.45, 7) is 17.1. The molecule has 0 spiro atoms. The molecule has 0 amide bonds. The van der Waals surface area contributed by atoms with Gasteiger partial charge in [-0.25, -0.2) is 0 Å². The predicted octanol–water partition coefficient (Wildman–Crippen LogP) is 6.23. The Morgan fingerprint density at radius 2 is 0.850 bits per heavy atom. The highest BCUT2D eigenvalue weighted by molar-refractivity contribution is 6.58. The van der Waals surface area contributed by atoms with E-state index in [4.69, 9.17) is 0 Å². The Hall–Kier alpha value is 0.492. The summed E-state index contributed by atoms with van der Waals surface area (Å²) in [4.78, 5) is 2.38. The van der Waals surface area contributed by atoms with E-state index in [1.54, 1.807) is 15.8 Å². The topological polar surface area (TPSA) is 3.24 Å². The van der Waals surface area contributed by atoms with Crippen molar-refractivity contribution in [3.8, 4) is 0 Å². The van der Waals surface area contributed by atoms with E-state index >= 15 is 0 Å². The summed E-state index contributed by atoms with van der Waals surface area (Å²) >= 11 is -0.287. The maximum Gasteiger partial charge on any atom is 0.261 e. The van der Waals surface area contributed by atoms with Gasteiger partial charge in [-0.05, 0) is 19.6 Å². The molecule has 0 saturated carbocycles. The summed E-state index contributed by atoms with van der Waals surface area (Å²) < 4.78 is 0. The Balaban J connectivity index is 0. The van der Waals surface area contributed by atoms with Gasteiger partial charge in [-0.2, -0.15) is 0 Å². The number of hydrogen-bond acceptors (Lipinski definition) is 1. The molecule has 0 aliphatic carbocycles. The average molecular weight is 300 g/mol. The van der Waals surface area contributed by atoms with Crippen LogP contribution in [-0.4, -0.2) is 38.7 Å². The quantitative estimate of drug-likeness (QED) is 0.386. The second-order valence-corrected chi connectivity index (χ2v) is 9.38. The van der Waals surface area contributed by atoms with E-state index in [1.165, 1.54) is 58.2 Å². The van der Waals surface area contributed by atoms with Crippen LogP contribution in [0.15, 0.2) is 0 Å². The zero-order valence-electron chi connectivity index (χ0n) is 15.5. The van der Waals surface area contributed by atoms with Crippen LogP contribution in [0.1, 0.15) is 80.1 Å². The molecule has 0 bridgehead atoms. The summed E-state index contributed by atoms with van der Waals surface area (Å²) in [5, 5.41) is 4.86. The summed E-state index contributed by atoms with van der Waals surface area (Å²) in [5.41, 5.74) is 0. The van der Waals surface area contributed by atoms with Crippen LogP contribution in [0.25, 0.3) is 0 Å². The van der Waals surface area contributed by atoms with Crippen LogP contribution >= 0.6 is 0 Å². The normalized spacial score (nSPS) is 10.3. The summed E-state index contributed by atoms with van der Waals surface area (Å²) in [7, 11) is 0. The Morgan fingerprint density at radius 1 is 0.550 bits per heavy atom. The maximum absolute atomic E-state index is 2.38. The van der Waals surface area contributed by atoms with Crippen LogP contribution in [0, 0.1) is 0 Å². The molecule has 0 unspecified atom stereocenters. The van der Waals surface area contributed by atoms with E-state index in [9.17, 15) is 0 Å². The predicted molar refractivity (Wildman–Crippen MR) is 98.4 cm³/mol. The number of hydrogen-bond donors (Lipinski definition) is 0. The molecule has 1 nitrogen and oxygen atoms in total. The molecule has 20 heavy (non-hydrogen) atoms. The Bertz CT molecular complexity index is 133. The van der Waals surface area contributed by atoms with E-state index < -0.39 is 0 Å². The third-order valence-electron chi connectivity index (χ3n) is 4.24. The molecule has 0 aromatic rings. The summed E-state index contributed by atoms with van der Waals surface area (Å²) in [5.74, 6) is 0. The lowest BCUT2D eigenvalue weighted by atomic mass is 10.4. The summed E-state index contributed by atoms with van der Waals surface area (Å²) in [6, 6.07) is 0. The van der Waals surface area contributed by atoms with Crippen LogP contribution in [0.3, 0.4) is 0 Å². The fourth-order valence-corrected chi connectivity index (χ4v) is 6.41. The van der Waals surface area contributed by atoms with E-state index in [2.05, 4.69) is 46.4 Å². The van der Waals surface area contributed by atoms with E-state index in [0.717, 1.165) is 0 Å². The first kappa shape index (κ1) is 22.8. The molecule has 0 aromatic heterocycles. The van der Waals surface area contributed by atoms with Crippen LogP contribution in [0.5, 0.6) is 0 Å². The molecule has 0 fully saturated rings. The van der Waals surface area contributed by atoms with Gasteiger partial charge < -0.3 is 4.90 Å². The van der Waals surface area contributed by atoms with Crippen LogP contribution < -0.4 is 0 Å². The van der Waals surface area contributed by atoms with Crippen molar-refractivity contribution < 1.29 is 0 Å². The largest absolute Gasteiger partial charge is 0.304 e. The molecule has 0 radical (unpaired) electrons. The van der Waals surface area contributed by atoms with E-state index in [1.807, 2.05) is 0 Å². The van der Waals surface area contributed by atoms with Gasteiger partial charge in [0, 0.05) is 0 Å². The first-order valence-electron chi connectivity index (χ1n) is 9.42. The molecule has 122 valence electrons. The smallest absolute Gasteiger partial charge is 0.261 e. The average Bonchev–Trinajstić information content (AvgIpc) is 2.49. The monoisotopic (exact) mass is 299 g/mol. The van der Waals surface area contributed by atoms with Crippen molar-refractivity contribution in [3.05, 3.63) is 0 Å². The third-order valence-corrected chi connectivity index (χ3v) is 7.91. The van der Waals surface area contributed by atoms with Crippen LogP contribution in [-0.2, 0) is 0 Å². The molecular formula is C18H42AlN. The van der Waals surface area contributed by atoms with Gasteiger partial charge in [-0.3, -0.25) is 0 Å². The molecule has 0 aromatic carbocycles. The minimum Gasteiger partial charge on any atom is -0.304 e. The van der Waals surface area contributed by atoms with Gasteiger partial charge in [0.25, 0.3) is 14.1 Å². The Kier molecular flexibility index (Phi) is 22.2. The highest BCUT2D eigenvalue weighted by atomic mass is 27.2. The lowest BCUT2D eigenvalue weighted by Gasteiger charge is -2.13. The van der Waals surface area contributed by atoms with Crippen molar-refractivity contribution in [1.82, 2.24) is 4.90 Å². The second kappa shape index (κ2) is 19.5. The fraction of sp³-hybridized carbons (Fsp3) is 1.00. The van der Waals surface area contributed by atoms with Crippen molar-refractivity contribution in [2.75, 3.05) is 19.6 Å². The molecule has 0 aliphatic rings.